The molecular formula is C11H14F2O3. The molecule has 2 saturated heterocycles. The molecule has 3 nitrogen and oxygen atoms in total. The first-order chi connectivity index (χ1) is 7.23. The molecule has 0 unspecified atom stereocenters. The van der Waals surface area contributed by atoms with Gasteiger partial charge in [0, 0.05) is 0 Å². The van der Waals surface area contributed by atoms with Gasteiger partial charge in [-0.15, -0.1) is 0 Å². The molecule has 3 heterocycles. The molecule has 0 amide bonds. The summed E-state index contributed by atoms with van der Waals surface area (Å²) >= 11 is 0. The molecule has 0 aromatic rings. The third kappa shape index (κ3) is 0.931. The molecule has 3 aliphatic heterocycles. The quantitative estimate of drug-likeness (QED) is 0.597. The van der Waals surface area contributed by atoms with Crippen LogP contribution in [0, 0.1) is 0 Å². The second kappa shape index (κ2) is 2.49. The molecule has 0 saturated carbocycles. The minimum atomic E-state index is -3.05. The SMILES string of the molecule is CC1(C)OC[C@]2(O1)C(F)(F)[C@@H]1C=C[C@@]2(C)O1. The third-order valence-corrected chi connectivity index (χ3v) is 3.70. The zero-order valence-electron chi connectivity index (χ0n) is 9.42. The number of ether oxygens (including phenoxy) is 3. The van der Waals surface area contributed by atoms with Crippen molar-refractivity contribution in [3.8, 4) is 0 Å². The molecule has 16 heavy (non-hydrogen) atoms. The lowest BCUT2D eigenvalue weighted by Crippen LogP contribution is -2.61. The van der Waals surface area contributed by atoms with Crippen molar-refractivity contribution in [2.45, 2.75) is 49.8 Å². The van der Waals surface area contributed by atoms with Gasteiger partial charge in [0.15, 0.2) is 11.4 Å². The Morgan fingerprint density at radius 3 is 2.38 bits per heavy atom. The van der Waals surface area contributed by atoms with Gasteiger partial charge in [-0.1, -0.05) is 12.2 Å². The summed E-state index contributed by atoms with van der Waals surface area (Å²) in [6, 6.07) is 0. The minimum absolute atomic E-state index is 0.148. The normalized spacial score (nSPS) is 51.7. The molecular weight excluding hydrogens is 218 g/mol. The van der Waals surface area contributed by atoms with Gasteiger partial charge in [0.25, 0.3) is 0 Å². The second-order valence-electron chi connectivity index (χ2n) is 5.25. The zero-order valence-corrected chi connectivity index (χ0v) is 9.42. The van der Waals surface area contributed by atoms with Crippen LogP contribution in [0.3, 0.4) is 0 Å². The second-order valence-corrected chi connectivity index (χ2v) is 5.25. The first-order valence-corrected chi connectivity index (χ1v) is 5.32. The van der Waals surface area contributed by atoms with Gasteiger partial charge in [-0.3, -0.25) is 0 Å². The highest BCUT2D eigenvalue weighted by Crippen LogP contribution is 2.60. The van der Waals surface area contributed by atoms with Crippen molar-refractivity contribution in [3.63, 3.8) is 0 Å². The molecule has 0 aliphatic carbocycles. The van der Waals surface area contributed by atoms with E-state index in [4.69, 9.17) is 14.2 Å². The van der Waals surface area contributed by atoms with Gasteiger partial charge in [-0.05, 0) is 20.8 Å². The van der Waals surface area contributed by atoms with E-state index < -0.39 is 29.0 Å². The van der Waals surface area contributed by atoms with E-state index in [1.807, 2.05) is 0 Å². The summed E-state index contributed by atoms with van der Waals surface area (Å²) in [6.45, 7) is 4.74. The van der Waals surface area contributed by atoms with E-state index in [1.165, 1.54) is 6.08 Å². The minimum Gasteiger partial charge on any atom is -0.354 e. The summed E-state index contributed by atoms with van der Waals surface area (Å²) in [6.07, 6.45) is 1.86. The first kappa shape index (κ1) is 10.6. The lowest BCUT2D eigenvalue weighted by atomic mass is 9.77. The number of rotatable bonds is 0. The highest BCUT2D eigenvalue weighted by atomic mass is 19.3. The number of fused-ring (bicyclic) bond motifs is 3. The maximum Gasteiger partial charge on any atom is 0.311 e. The number of alkyl halides is 2. The average Bonchev–Trinajstić information content (AvgIpc) is 2.71. The van der Waals surface area contributed by atoms with E-state index >= 15 is 0 Å². The monoisotopic (exact) mass is 232 g/mol. The van der Waals surface area contributed by atoms with Crippen LogP contribution in [0.5, 0.6) is 0 Å². The van der Waals surface area contributed by atoms with E-state index in [2.05, 4.69) is 0 Å². The predicted octanol–water partition coefficient (Wildman–Crippen LogP) is 1.87. The van der Waals surface area contributed by atoms with Crippen LogP contribution in [0.15, 0.2) is 12.2 Å². The van der Waals surface area contributed by atoms with E-state index in [-0.39, 0.29) is 6.61 Å². The summed E-state index contributed by atoms with van der Waals surface area (Å²) in [4.78, 5) is 0. The van der Waals surface area contributed by atoms with Gasteiger partial charge in [-0.25, -0.2) is 0 Å². The van der Waals surface area contributed by atoms with E-state index in [0.717, 1.165) is 0 Å². The Bertz CT molecular complexity index is 379. The van der Waals surface area contributed by atoms with Crippen LogP contribution in [-0.4, -0.2) is 35.6 Å². The van der Waals surface area contributed by atoms with Gasteiger partial charge in [-0.2, -0.15) is 8.78 Å². The first-order valence-electron chi connectivity index (χ1n) is 5.32. The van der Waals surface area contributed by atoms with Gasteiger partial charge < -0.3 is 14.2 Å². The third-order valence-electron chi connectivity index (χ3n) is 3.70. The zero-order chi connectivity index (χ0) is 11.8. The Hall–Kier alpha value is -0.520. The molecule has 2 fully saturated rings. The van der Waals surface area contributed by atoms with Crippen molar-refractivity contribution in [1.29, 1.82) is 0 Å². The van der Waals surface area contributed by atoms with E-state index in [9.17, 15) is 8.78 Å². The van der Waals surface area contributed by atoms with Crippen LogP contribution in [0.25, 0.3) is 0 Å². The van der Waals surface area contributed by atoms with Crippen LogP contribution < -0.4 is 0 Å². The maximum atomic E-state index is 14.2. The Labute approximate surface area is 92.4 Å². The molecule has 0 radical (unpaired) electrons. The van der Waals surface area contributed by atoms with Crippen LogP contribution >= 0.6 is 0 Å². The highest BCUT2D eigenvalue weighted by Gasteiger charge is 2.79. The molecule has 3 aliphatic rings. The van der Waals surface area contributed by atoms with Gasteiger partial charge in [0.05, 0.1) is 6.61 Å². The highest BCUT2D eigenvalue weighted by molar-refractivity contribution is 5.34. The summed E-state index contributed by atoms with van der Waals surface area (Å²) in [7, 11) is 0. The molecule has 2 bridgehead atoms. The van der Waals surface area contributed by atoms with Crippen molar-refractivity contribution < 1.29 is 23.0 Å². The van der Waals surface area contributed by atoms with Crippen molar-refractivity contribution in [3.05, 3.63) is 12.2 Å². The fourth-order valence-corrected chi connectivity index (χ4v) is 2.76. The Kier molecular flexibility index (Phi) is 1.66. The van der Waals surface area contributed by atoms with Crippen LogP contribution in [0.2, 0.25) is 0 Å². The molecule has 0 N–H and O–H groups in total. The average molecular weight is 232 g/mol. The van der Waals surface area contributed by atoms with Crippen LogP contribution in [0.1, 0.15) is 20.8 Å². The van der Waals surface area contributed by atoms with Gasteiger partial charge in [0.2, 0.25) is 0 Å². The molecule has 3 rings (SSSR count). The predicted molar refractivity (Wildman–Crippen MR) is 51.2 cm³/mol. The number of hydrogen-bond donors (Lipinski definition) is 0. The lowest BCUT2D eigenvalue weighted by Gasteiger charge is -2.39. The van der Waals surface area contributed by atoms with Gasteiger partial charge >= 0.3 is 5.92 Å². The Balaban J connectivity index is 2.11. The van der Waals surface area contributed by atoms with E-state index in [0.29, 0.717) is 0 Å². The van der Waals surface area contributed by atoms with Crippen LogP contribution in [-0.2, 0) is 14.2 Å². The summed E-state index contributed by atoms with van der Waals surface area (Å²) in [5, 5.41) is 0. The summed E-state index contributed by atoms with van der Waals surface area (Å²) in [5.74, 6) is -4.04. The lowest BCUT2D eigenvalue weighted by molar-refractivity contribution is -0.232. The molecule has 1 spiro atoms. The molecule has 0 aromatic heterocycles. The topological polar surface area (TPSA) is 27.7 Å². The standard InChI is InChI=1S/C11H14F2O3/c1-8(2)14-6-10(16-8)9(3)5-4-7(15-9)11(10,12)13/h4-5,7H,6H2,1-3H3/t7-,9+,10+/m0/s1. The van der Waals surface area contributed by atoms with Crippen molar-refractivity contribution in [2.24, 2.45) is 0 Å². The number of hydrogen-bond acceptors (Lipinski definition) is 3. The fourth-order valence-electron chi connectivity index (χ4n) is 2.76. The molecule has 3 atom stereocenters. The Morgan fingerprint density at radius 2 is 1.94 bits per heavy atom. The Morgan fingerprint density at radius 1 is 1.25 bits per heavy atom. The van der Waals surface area contributed by atoms with Crippen LogP contribution in [0.4, 0.5) is 8.78 Å². The molecule has 90 valence electrons. The summed E-state index contributed by atoms with van der Waals surface area (Å²) < 4.78 is 44.6. The van der Waals surface area contributed by atoms with Crippen molar-refractivity contribution in [2.75, 3.05) is 6.61 Å². The summed E-state index contributed by atoms with van der Waals surface area (Å²) in [5.41, 5.74) is -2.79. The van der Waals surface area contributed by atoms with Crippen molar-refractivity contribution in [1.82, 2.24) is 0 Å². The van der Waals surface area contributed by atoms with Gasteiger partial charge in [0.1, 0.15) is 11.7 Å². The molecule has 0 aromatic carbocycles. The molecule has 5 heteroatoms. The fraction of sp³-hybridized carbons (Fsp3) is 0.818. The number of halogens is 2. The largest absolute Gasteiger partial charge is 0.354 e. The van der Waals surface area contributed by atoms with E-state index in [1.54, 1.807) is 26.8 Å². The van der Waals surface area contributed by atoms with Crippen molar-refractivity contribution >= 4 is 0 Å². The smallest absolute Gasteiger partial charge is 0.311 e. The maximum absolute atomic E-state index is 14.2.